The summed E-state index contributed by atoms with van der Waals surface area (Å²) in [6.45, 7) is 5.48. The van der Waals surface area contributed by atoms with Gasteiger partial charge < -0.3 is 10.1 Å². The van der Waals surface area contributed by atoms with Crippen molar-refractivity contribution in [2.24, 2.45) is 0 Å². The van der Waals surface area contributed by atoms with Gasteiger partial charge in [-0.15, -0.1) is 0 Å². The van der Waals surface area contributed by atoms with E-state index < -0.39 is 0 Å². The minimum atomic E-state index is 0.136. The number of carbonyl (C=O) groups excluding carboxylic acids is 1. The van der Waals surface area contributed by atoms with E-state index in [1.807, 2.05) is 12.1 Å². The molecule has 1 aromatic rings. The average molecular weight is 355 g/mol. The van der Waals surface area contributed by atoms with Crippen LogP contribution in [-0.4, -0.2) is 50.2 Å². The molecule has 0 bridgehead atoms. The Morgan fingerprint density at radius 2 is 2.14 bits per heavy atom. The summed E-state index contributed by atoms with van der Waals surface area (Å²) in [4.78, 5) is 14.2. The summed E-state index contributed by atoms with van der Waals surface area (Å²) in [5, 5.41) is 3.00. The van der Waals surface area contributed by atoms with E-state index in [4.69, 9.17) is 4.74 Å². The van der Waals surface area contributed by atoms with Crippen molar-refractivity contribution in [1.29, 1.82) is 0 Å². The molecule has 1 fully saturated rings. The largest absolute Gasteiger partial charge is 0.379 e. The molecule has 0 aromatic heterocycles. The van der Waals surface area contributed by atoms with Crippen molar-refractivity contribution in [3.05, 3.63) is 34.3 Å². The quantitative estimate of drug-likeness (QED) is 0.763. The lowest BCUT2D eigenvalue weighted by atomic mass is 10.1. The molecule has 116 valence electrons. The smallest absolute Gasteiger partial charge is 0.220 e. The van der Waals surface area contributed by atoms with Gasteiger partial charge in [-0.2, -0.15) is 0 Å². The van der Waals surface area contributed by atoms with E-state index in [-0.39, 0.29) is 5.91 Å². The molecule has 4 nitrogen and oxygen atoms in total. The van der Waals surface area contributed by atoms with E-state index in [0.717, 1.165) is 56.7 Å². The van der Waals surface area contributed by atoms with Crippen molar-refractivity contribution < 1.29 is 9.53 Å². The fraction of sp³-hybridized carbons (Fsp3) is 0.562. The highest BCUT2D eigenvalue weighted by Crippen LogP contribution is 2.12. The number of aryl methyl sites for hydroxylation is 1. The third-order valence-corrected chi connectivity index (χ3v) is 4.10. The second-order valence-corrected chi connectivity index (χ2v) is 6.20. The van der Waals surface area contributed by atoms with Gasteiger partial charge in [0.05, 0.1) is 13.2 Å². The fourth-order valence-corrected chi connectivity index (χ4v) is 2.84. The van der Waals surface area contributed by atoms with Gasteiger partial charge in [-0.3, -0.25) is 9.69 Å². The molecular formula is C16H23BrN2O2. The predicted molar refractivity (Wildman–Crippen MR) is 87.3 cm³/mol. The van der Waals surface area contributed by atoms with Crippen LogP contribution in [0.2, 0.25) is 0 Å². The number of rotatable bonds is 7. The van der Waals surface area contributed by atoms with Crippen LogP contribution < -0.4 is 5.32 Å². The standard InChI is InChI=1S/C16H23BrN2O2/c17-15-4-1-3-14(13-15)5-6-16(20)18-7-2-8-19-9-11-21-12-10-19/h1,3-4,13H,2,5-12H2,(H,18,20). The first-order valence-corrected chi connectivity index (χ1v) is 8.34. The third kappa shape index (κ3) is 6.59. The van der Waals surface area contributed by atoms with Gasteiger partial charge in [0.15, 0.2) is 0 Å². The number of hydrogen-bond acceptors (Lipinski definition) is 3. The number of nitrogens with zero attached hydrogens (tertiary/aromatic N) is 1. The number of amides is 1. The molecule has 2 rings (SSSR count). The number of morpholine rings is 1. The van der Waals surface area contributed by atoms with Crippen molar-refractivity contribution in [2.75, 3.05) is 39.4 Å². The van der Waals surface area contributed by atoms with Crippen molar-refractivity contribution in [1.82, 2.24) is 10.2 Å². The first-order chi connectivity index (χ1) is 10.2. The van der Waals surface area contributed by atoms with E-state index in [1.54, 1.807) is 0 Å². The van der Waals surface area contributed by atoms with Crippen LogP contribution in [0.25, 0.3) is 0 Å². The Bertz CT molecular complexity index is 448. The Hall–Kier alpha value is -0.910. The number of carbonyl (C=O) groups is 1. The monoisotopic (exact) mass is 354 g/mol. The predicted octanol–water partition coefficient (Wildman–Crippen LogP) is 2.22. The van der Waals surface area contributed by atoms with Gasteiger partial charge in [0, 0.05) is 30.5 Å². The maximum absolute atomic E-state index is 11.8. The molecule has 1 aromatic carbocycles. The van der Waals surface area contributed by atoms with Gasteiger partial charge in [-0.1, -0.05) is 28.1 Å². The molecule has 1 amide bonds. The Balaban J connectivity index is 1.55. The Morgan fingerprint density at radius 3 is 2.90 bits per heavy atom. The molecule has 0 spiro atoms. The molecule has 1 N–H and O–H groups in total. The Morgan fingerprint density at radius 1 is 1.33 bits per heavy atom. The normalized spacial score (nSPS) is 15.9. The van der Waals surface area contributed by atoms with E-state index in [2.05, 4.69) is 38.3 Å². The highest BCUT2D eigenvalue weighted by Gasteiger charge is 2.09. The van der Waals surface area contributed by atoms with E-state index in [0.29, 0.717) is 6.42 Å². The van der Waals surface area contributed by atoms with Crippen LogP contribution in [0.15, 0.2) is 28.7 Å². The van der Waals surface area contributed by atoms with Gasteiger partial charge in [-0.05, 0) is 37.1 Å². The van der Waals surface area contributed by atoms with Crippen LogP contribution in [0.1, 0.15) is 18.4 Å². The van der Waals surface area contributed by atoms with E-state index in [9.17, 15) is 4.79 Å². The molecule has 21 heavy (non-hydrogen) atoms. The molecule has 0 radical (unpaired) electrons. The lowest BCUT2D eigenvalue weighted by Gasteiger charge is -2.26. The molecule has 5 heteroatoms. The zero-order chi connectivity index (χ0) is 14.9. The van der Waals surface area contributed by atoms with Crippen molar-refractivity contribution in [3.63, 3.8) is 0 Å². The highest BCUT2D eigenvalue weighted by atomic mass is 79.9. The average Bonchev–Trinajstić information content (AvgIpc) is 2.51. The van der Waals surface area contributed by atoms with Gasteiger partial charge in [0.25, 0.3) is 0 Å². The van der Waals surface area contributed by atoms with Gasteiger partial charge in [0.1, 0.15) is 0 Å². The number of benzene rings is 1. The molecule has 1 aliphatic heterocycles. The SMILES string of the molecule is O=C(CCc1cccc(Br)c1)NCCCN1CCOCC1. The Labute approximate surface area is 135 Å². The number of hydrogen-bond donors (Lipinski definition) is 1. The lowest BCUT2D eigenvalue weighted by molar-refractivity contribution is -0.121. The number of nitrogens with one attached hydrogen (secondary N) is 1. The Kier molecular flexibility index (Phi) is 7.19. The minimum Gasteiger partial charge on any atom is -0.379 e. The van der Waals surface area contributed by atoms with Crippen LogP contribution in [-0.2, 0) is 16.0 Å². The van der Waals surface area contributed by atoms with Crippen LogP contribution in [0.4, 0.5) is 0 Å². The zero-order valence-corrected chi connectivity index (χ0v) is 13.9. The fourth-order valence-electron chi connectivity index (χ4n) is 2.39. The highest BCUT2D eigenvalue weighted by molar-refractivity contribution is 9.10. The third-order valence-electron chi connectivity index (χ3n) is 3.61. The summed E-state index contributed by atoms with van der Waals surface area (Å²) in [7, 11) is 0. The van der Waals surface area contributed by atoms with Gasteiger partial charge >= 0.3 is 0 Å². The number of ether oxygens (including phenoxy) is 1. The van der Waals surface area contributed by atoms with Crippen LogP contribution >= 0.6 is 15.9 Å². The van der Waals surface area contributed by atoms with Crippen molar-refractivity contribution in [3.8, 4) is 0 Å². The summed E-state index contributed by atoms with van der Waals surface area (Å²) in [6, 6.07) is 8.11. The maximum Gasteiger partial charge on any atom is 0.220 e. The summed E-state index contributed by atoms with van der Waals surface area (Å²) in [5.74, 6) is 0.136. The van der Waals surface area contributed by atoms with Gasteiger partial charge in [-0.25, -0.2) is 0 Å². The summed E-state index contributed by atoms with van der Waals surface area (Å²) < 4.78 is 6.37. The first kappa shape index (κ1) is 16.5. The van der Waals surface area contributed by atoms with E-state index in [1.165, 1.54) is 5.56 Å². The molecule has 1 saturated heterocycles. The number of halogens is 1. The molecule has 0 saturated carbocycles. The van der Waals surface area contributed by atoms with Gasteiger partial charge in [0.2, 0.25) is 5.91 Å². The minimum absolute atomic E-state index is 0.136. The summed E-state index contributed by atoms with van der Waals surface area (Å²) >= 11 is 3.44. The molecule has 1 aliphatic rings. The van der Waals surface area contributed by atoms with Crippen molar-refractivity contribution >= 4 is 21.8 Å². The second-order valence-electron chi connectivity index (χ2n) is 5.29. The van der Waals surface area contributed by atoms with Crippen LogP contribution in [0.3, 0.4) is 0 Å². The summed E-state index contributed by atoms with van der Waals surface area (Å²) in [5.41, 5.74) is 1.19. The first-order valence-electron chi connectivity index (χ1n) is 7.55. The maximum atomic E-state index is 11.8. The van der Waals surface area contributed by atoms with Crippen LogP contribution in [0, 0.1) is 0 Å². The topological polar surface area (TPSA) is 41.6 Å². The zero-order valence-electron chi connectivity index (χ0n) is 12.3. The molecule has 1 heterocycles. The molecule has 0 aliphatic carbocycles. The lowest BCUT2D eigenvalue weighted by Crippen LogP contribution is -2.38. The summed E-state index contributed by atoms with van der Waals surface area (Å²) in [6.07, 6.45) is 2.34. The molecular weight excluding hydrogens is 332 g/mol. The molecule has 0 atom stereocenters. The van der Waals surface area contributed by atoms with Crippen LogP contribution in [0.5, 0.6) is 0 Å². The van der Waals surface area contributed by atoms with E-state index >= 15 is 0 Å². The molecule has 0 unspecified atom stereocenters. The second kappa shape index (κ2) is 9.18. The van der Waals surface area contributed by atoms with Crippen molar-refractivity contribution in [2.45, 2.75) is 19.3 Å².